The largest absolute Gasteiger partial charge is 0.387 e. The van der Waals surface area contributed by atoms with Crippen LogP contribution in [0.15, 0.2) is 0 Å². The lowest BCUT2D eigenvalue weighted by Crippen LogP contribution is -2.51. The zero-order valence-corrected chi connectivity index (χ0v) is 9.58. The van der Waals surface area contributed by atoms with E-state index in [4.69, 9.17) is 11.1 Å². The topological polar surface area (TPSA) is 56.4 Å². The number of amidine groups is 1. The van der Waals surface area contributed by atoms with E-state index in [2.05, 4.69) is 9.80 Å². The van der Waals surface area contributed by atoms with E-state index >= 15 is 0 Å². The summed E-state index contributed by atoms with van der Waals surface area (Å²) in [6, 6.07) is 0.776. The van der Waals surface area contributed by atoms with Gasteiger partial charge in [-0.2, -0.15) is 0 Å². The summed E-state index contributed by atoms with van der Waals surface area (Å²) < 4.78 is 0. The normalized spacial score (nSPS) is 30.1. The number of hydrogen-bond acceptors (Lipinski definition) is 3. The van der Waals surface area contributed by atoms with Gasteiger partial charge in [0.1, 0.15) is 0 Å². The second kappa shape index (κ2) is 4.49. The monoisotopic (exact) mass is 210 g/mol. The van der Waals surface area contributed by atoms with Crippen LogP contribution in [0.5, 0.6) is 0 Å². The van der Waals surface area contributed by atoms with E-state index in [1.54, 1.807) is 0 Å². The fraction of sp³-hybridized carbons (Fsp3) is 0.909. The van der Waals surface area contributed by atoms with Crippen LogP contribution >= 0.6 is 0 Å². The first-order valence-electron chi connectivity index (χ1n) is 5.97. The highest BCUT2D eigenvalue weighted by Gasteiger charge is 2.30. The average Bonchev–Trinajstić information content (AvgIpc) is 2.64. The summed E-state index contributed by atoms with van der Waals surface area (Å²) >= 11 is 0. The van der Waals surface area contributed by atoms with Gasteiger partial charge in [-0.05, 0) is 19.4 Å². The molecule has 2 fully saturated rings. The van der Waals surface area contributed by atoms with Crippen LogP contribution in [-0.4, -0.2) is 54.4 Å². The van der Waals surface area contributed by atoms with Crippen LogP contribution in [0.4, 0.5) is 0 Å². The Balaban J connectivity index is 1.82. The molecule has 15 heavy (non-hydrogen) atoms. The third-order valence-corrected chi connectivity index (χ3v) is 3.73. The lowest BCUT2D eigenvalue weighted by molar-refractivity contribution is 0.0997. The molecule has 2 saturated heterocycles. The van der Waals surface area contributed by atoms with Crippen molar-refractivity contribution in [3.05, 3.63) is 0 Å². The maximum Gasteiger partial charge on any atom is 0.0947 e. The summed E-state index contributed by atoms with van der Waals surface area (Å²) in [5, 5.41) is 7.41. The molecule has 2 atom stereocenters. The van der Waals surface area contributed by atoms with E-state index in [1.165, 1.54) is 32.5 Å². The lowest BCUT2D eigenvalue weighted by Gasteiger charge is -2.38. The predicted molar refractivity (Wildman–Crippen MR) is 62.1 cm³/mol. The summed E-state index contributed by atoms with van der Waals surface area (Å²) in [6.07, 6.45) is 2.71. The van der Waals surface area contributed by atoms with Crippen LogP contribution in [-0.2, 0) is 0 Å². The molecule has 0 aliphatic carbocycles. The molecule has 0 spiro atoms. The molecule has 3 N–H and O–H groups in total. The first-order chi connectivity index (χ1) is 7.16. The summed E-state index contributed by atoms with van der Waals surface area (Å²) in [4.78, 5) is 5.08. The van der Waals surface area contributed by atoms with Gasteiger partial charge in [-0.3, -0.25) is 15.2 Å². The molecule has 0 aromatic carbocycles. The summed E-state index contributed by atoms with van der Waals surface area (Å²) in [5.41, 5.74) is 5.51. The van der Waals surface area contributed by atoms with Crippen LogP contribution in [0.1, 0.15) is 19.8 Å². The molecule has 0 aromatic rings. The third-order valence-electron chi connectivity index (χ3n) is 3.73. The SMILES string of the molecule is CC(CN1CCN2CCCC2C1)C(=N)N. The van der Waals surface area contributed by atoms with Crippen molar-refractivity contribution in [3.63, 3.8) is 0 Å². The standard InChI is InChI=1S/C11H22N4/c1-9(11(12)13)7-14-5-6-15-4-2-3-10(15)8-14/h9-10H,2-8H2,1H3,(H3,12,13). The molecular weight excluding hydrogens is 188 g/mol. The van der Waals surface area contributed by atoms with Crippen molar-refractivity contribution >= 4 is 5.84 Å². The van der Waals surface area contributed by atoms with E-state index in [1.807, 2.05) is 6.92 Å². The minimum absolute atomic E-state index is 0.206. The number of nitrogens with one attached hydrogen (secondary N) is 1. The van der Waals surface area contributed by atoms with Crippen molar-refractivity contribution in [3.8, 4) is 0 Å². The smallest absolute Gasteiger partial charge is 0.0947 e. The Kier molecular flexibility index (Phi) is 3.26. The molecular formula is C11H22N4. The second-order valence-electron chi connectivity index (χ2n) is 4.95. The van der Waals surface area contributed by atoms with Gasteiger partial charge >= 0.3 is 0 Å². The number of hydrogen-bond donors (Lipinski definition) is 2. The maximum absolute atomic E-state index is 7.41. The number of rotatable bonds is 3. The zero-order chi connectivity index (χ0) is 10.8. The molecule has 86 valence electrons. The van der Waals surface area contributed by atoms with E-state index in [-0.39, 0.29) is 5.92 Å². The highest BCUT2D eigenvalue weighted by Crippen LogP contribution is 2.21. The second-order valence-corrected chi connectivity index (χ2v) is 4.95. The molecule has 0 bridgehead atoms. The minimum atomic E-state index is 0.206. The summed E-state index contributed by atoms with van der Waals surface area (Å²) in [6.45, 7) is 7.82. The Morgan fingerprint density at radius 3 is 3.00 bits per heavy atom. The minimum Gasteiger partial charge on any atom is -0.387 e. The van der Waals surface area contributed by atoms with Gasteiger partial charge in [-0.1, -0.05) is 6.92 Å². The Morgan fingerprint density at radius 1 is 1.47 bits per heavy atom. The van der Waals surface area contributed by atoms with Crippen LogP contribution in [0.25, 0.3) is 0 Å². The molecule has 2 heterocycles. The Morgan fingerprint density at radius 2 is 2.27 bits per heavy atom. The molecule has 0 amide bonds. The van der Waals surface area contributed by atoms with E-state index in [9.17, 15) is 0 Å². The maximum atomic E-state index is 7.41. The molecule has 4 heteroatoms. The first-order valence-corrected chi connectivity index (χ1v) is 5.97. The predicted octanol–water partition coefficient (Wildman–Crippen LogP) is 0.338. The Bertz CT molecular complexity index is 241. The Hall–Kier alpha value is -0.610. The van der Waals surface area contributed by atoms with Crippen molar-refractivity contribution in [1.82, 2.24) is 9.80 Å². The van der Waals surface area contributed by atoms with E-state index in [0.29, 0.717) is 5.84 Å². The highest BCUT2D eigenvalue weighted by molar-refractivity contribution is 5.79. The molecule has 2 rings (SSSR count). The first kappa shape index (κ1) is 10.9. The molecule has 2 aliphatic heterocycles. The van der Waals surface area contributed by atoms with Crippen molar-refractivity contribution in [2.45, 2.75) is 25.8 Å². The molecule has 2 aliphatic rings. The quantitative estimate of drug-likeness (QED) is 0.521. The van der Waals surface area contributed by atoms with Gasteiger partial charge in [0.2, 0.25) is 0 Å². The number of fused-ring (bicyclic) bond motifs is 1. The number of nitrogens with zero attached hydrogens (tertiary/aromatic N) is 2. The molecule has 0 saturated carbocycles. The molecule has 2 unspecified atom stereocenters. The number of piperazine rings is 1. The van der Waals surface area contributed by atoms with Gasteiger partial charge in [0, 0.05) is 38.1 Å². The highest BCUT2D eigenvalue weighted by atomic mass is 15.3. The van der Waals surface area contributed by atoms with Gasteiger partial charge in [0.05, 0.1) is 5.84 Å². The number of nitrogens with two attached hydrogens (primary N) is 1. The van der Waals surface area contributed by atoms with Crippen LogP contribution in [0, 0.1) is 11.3 Å². The lowest BCUT2D eigenvalue weighted by atomic mass is 10.1. The Labute approximate surface area is 91.9 Å². The summed E-state index contributed by atoms with van der Waals surface area (Å²) in [5.74, 6) is 0.529. The van der Waals surface area contributed by atoms with Gasteiger partial charge in [0.25, 0.3) is 0 Å². The van der Waals surface area contributed by atoms with Crippen molar-refractivity contribution in [2.75, 3.05) is 32.7 Å². The van der Waals surface area contributed by atoms with Crippen molar-refractivity contribution in [2.24, 2.45) is 11.7 Å². The fourth-order valence-corrected chi connectivity index (χ4v) is 2.71. The van der Waals surface area contributed by atoms with Gasteiger partial charge in [-0.25, -0.2) is 0 Å². The molecule has 4 nitrogen and oxygen atoms in total. The van der Waals surface area contributed by atoms with E-state index in [0.717, 1.165) is 19.1 Å². The fourth-order valence-electron chi connectivity index (χ4n) is 2.71. The van der Waals surface area contributed by atoms with Crippen molar-refractivity contribution in [1.29, 1.82) is 5.41 Å². The van der Waals surface area contributed by atoms with Crippen LogP contribution < -0.4 is 5.73 Å². The zero-order valence-electron chi connectivity index (χ0n) is 9.58. The molecule has 0 radical (unpaired) electrons. The van der Waals surface area contributed by atoms with Crippen LogP contribution in [0.3, 0.4) is 0 Å². The van der Waals surface area contributed by atoms with Gasteiger partial charge in [0.15, 0.2) is 0 Å². The van der Waals surface area contributed by atoms with Gasteiger partial charge < -0.3 is 5.73 Å². The van der Waals surface area contributed by atoms with Crippen LogP contribution in [0.2, 0.25) is 0 Å². The third kappa shape index (κ3) is 2.49. The summed E-state index contributed by atoms with van der Waals surface area (Å²) in [7, 11) is 0. The van der Waals surface area contributed by atoms with Crippen molar-refractivity contribution < 1.29 is 0 Å². The molecule has 0 aromatic heterocycles. The van der Waals surface area contributed by atoms with E-state index < -0.39 is 0 Å². The van der Waals surface area contributed by atoms with Gasteiger partial charge in [-0.15, -0.1) is 0 Å². The average molecular weight is 210 g/mol.